The number of benzene rings is 2. The van der Waals surface area contributed by atoms with E-state index >= 15 is 4.39 Å². The van der Waals surface area contributed by atoms with Crippen molar-refractivity contribution in [2.45, 2.75) is 52.9 Å². The van der Waals surface area contributed by atoms with Crippen LogP contribution in [0.3, 0.4) is 0 Å². The highest BCUT2D eigenvalue weighted by molar-refractivity contribution is 7.80. The molecule has 3 aromatic rings. The number of hydrogen-bond donors (Lipinski definition) is 4. The van der Waals surface area contributed by atoms with Gasteiger partial charge in [-0.05, 0) is 49.9 Å². The molecule has 0 unspecified atom stereocenters. The van der Waals surface area contributed by atoms with Crippen LogP contribution >= 0.6 is 12.6 Å². The summed E-state index contributed by atoms with van der Waals surface area (Å²) in [5.41, 5.74) is 4.23. The van der Waals surface area contributed by atoms with Crippen molar-refractivity contribution in [2.75, 3.05) is 0 Å². The predicted molar refractivity (Wildman–Crippen MR) is 137 cm³/mol. The molecule has 170 valence electrons. The lowest BCUT2D eigenvalue weighted by Gasteiger charge is -2.15. The summed E-state index contributed by atoms with van der Waals surface area (Å²) in [6, 6.07) is 8.93. The smallest absolute Gasteiger partial charge is 0.198 e. The number of aromatic hydroxyl groups is 1. The molecule has 0 aliphatic rings. The van der Waals surface area contributed by atoms with Gasteiger partial charge in [-0.3, -0.25) is 4.99 Å². The summed E-state index contributed by atoms with van der Waals surface area (Å²) in [5, 5.41) is 18.6. The Balaban J connectivity index is 0.00000176. The molecule has 0 saturated carbocycles. The van der Waals surface area contributed by atoms with Crippen molar-refractivity contribution in [3.8, 4) is 17.0 Å². The van der Waals surface area contributed by atoms with Gasteiger partial charge >= 0.3 is 0 Å². The molecule has 3 N–H and O–H groups in total. The van der Waals surface area contributed by atoms with Gasteiger partial charge in [-0.1, -0.05) is 45.9 Å². The molecular formula is C26H32FN3OS. The van der Waals surface area contributed by atoms with Gasteiger partial charge in [0.05, 0.1) is 22.5 Å². The minimum Gasteiger partial charge on any atom is -0.494 e. The molecule has 0 spiro atoms. The second kappa shape index (κ2) is 11.1. The number of thiol groups is 1. The zero-order valence-electron chi connectivity index (χ0n) is 19.5. The maximum atomic E-state index is 15.2. The number of nitrogens with zero attached hydrogens (tertiary/aromatic N) is 1. The van der Waals surface area contributed by atoms with Crippen molar-refractivity contribution >= 4 is 35.5 Å². The van der Waals surface area contributed by atoms with Crippen LogP contribution in [0.15, 0.2) is 52.0 Å². The van der Waals surface area contributed by atoms with Crippen molar-refractivity contribution < 1.29 is 9.50 Å². The lowest BCUT2D eigenvalue weighted by molar-refractivity contribution is 0.457. The molecule has 2 aromatic carbocycles. The summed E-state index contributed by atoms with van der Waals surface area (Å²) >= 11 is 4.61. The molecule has 1 heterocycles. The quantitative estimate of drug-likeness (QED) is 0.226. The first kappa shape index (κ1) is 25.4. The normalized spacial score (nSPS) is 12.2. The lowest BCUT2D eigenvalue weighted by atomic mass is 9.92. The van der Waals surface area contributed by atoms with Gasteiger partial charge < -0.3 is 15.5 Å². The lowest BCUT2D eigenvalue weighted by Crippen LogP contribution is -2.00. The molecular weight excluding hydrogens is 421 g/mol. The number of nitrogens with one attached hydrogen (secondary N) is 2. The number of rotatable bonds is 6. The molecule has 1 aromatic heterocycles. The number of fused-ring (bicyclic) bond motifs is 1. The van der Waals surface area contributed by atoms with Crippen LogP contribution in [0.4, 0.5) is 4.39 Å². The molecule has 0 bridgehead atoms. The van der Waals surface area contributed by atoms with E-state index in [1.165, 1.54) is 6.07 Å². The summed E-state index contributed by atoms with van der Waals surface area (Å²) in [6.45, 7) is 11.8. The Morgan fingerprint density at radius 2 is 1.97 bits per heavy atom. The average molecular weight is 454 g/mol. The molecule has 32 heavy (non-hydrogen) atoms. The Hall–Kier alpha value is -2.86. The van der Waals surface area contributed by atoms with Crippen molar-refractivity contribution in [1.82, 2.24) is 4.98 Å². The fraction of sp³-hybridized carbons (Fsp3) is 0.308. The molecule has 0 radical (unpaired) electrons. The van der Waals surface area contributed by atoms with E-state index in [1.54, 1.807) is 26.0 Å². The summed E-state index contributed by atoms with van der Waals surface area (Å²) in [5.74, 6) is -0.0536. The molecule has 6 heteroatoms. The van der Waals surface area contributed by atoms with Crippen LogP contribution in [0.5, 0.6) is 5.88 Å². The molecule has 0 atom stereocenters. The van der Waals surface area contributed by atoms with Crippen LogP contribution in [0.1, 0.15) is 52.7 Å². The van der Waals surface area contributed by atoms with Crippen LogP contribution in [-0.2, 0) is 6.42 Å². The standard InChI is InChI=1S/C24H26FN3OS.C2H6/c1-5-16(12-26)27-14(4)22-18-10-17(19(25)11-20(18)28-24(22)29)23-15(9-13(2)3)7-6-8-21(23)30;1-2/h5-8,10-13,26,28-30H,9H2,1-4H3;1-2H3/b16-5+,26-12?,27-14?;. The number of hydrogen-bond acceptors (Lipinski definition) is 4. The fourth-order valence-corrected chi connectivity index (χ4v) is 4.05. The highest BCUT2D eigenvalue weighted by Gasteiger charge is 2.20. The monoisotopic (exact) mass is 453 g/mol. The maximum Gasteiger partial charge on any atom is 0.198 e. The highest BCUT2D eigenvalue weighted by atomic mass is 32.1. The van der Waals surface area contributed by atoms with Gasteiger partial charge in [0.1, 0.15) is 5.82 Å². The third-order valence-corrected chi connectivity index (χ3v) is 5.37. The Labute approximate surface area is 195 Å². The second-order valence-electron chi connectivity index (χ2n) is 7.69. The summed E-state index contributed by atoms with van der Waals surface area (Å²) in [6.07, 6.45) is 3.66. The van der Waals surface area contributed by atoms with Crippen molar-refractivity contribution in [3.63, 3.8) is 0 Å². The summed E-state index contributed by atoms with van der Waals surface area (Å²) in [7, 11) is 0. The Bertz CT molecular complexity index is 1180. The summed E-state index contributed by atoms with van der Waals surface area (Å²) in [4.78, 5) is 7.96. The van der Waals surface area contributed by atoms with Crippen molar-refractivity contribution in [1.29, 1.82) is 5.41 Å². The number of aliphatic imine (C=N–C) groups is 1. The number of aromatic nitrogens is 1. The zero-order valence-corrected chi connectivity index (χ0v) is 20.4. The van der Waals surface area contributed by atoms with E-state index in [2.05, 4.69) is 36.5 Å². The van der Waals surface area contributed by atoms with E-state index < -0.39 is 0 Å². The van der Waals surface area contributed by atoms with Crippen LogP contribution in [0.25, 0.3) is 22.0 Å². The molecule has 0 aliphatic carbocycles. The first-order chi connectivity index (χ1) is 15.3. The predicted octanol–water partition coefficient (Wildman–Crippen LogP) is 7.56. The Kier molecular flexibility index (Phi) is 8.84. The maximum absolute atomic E-state index is 15.2. The summed E-state index contributed by atoms with van der Waals surface area (Å²) < 4.78 is 15.2. The van der Waals surface area contributed by atoms with Gasteiger partial charge in [0.2, 0.25) is 0 Å². The minimum atomic E-state index is -0.384. The van der Waals surface area contributed by atoms with Crippen LogP contribution in [0, 0.1) is 17.1 Å². The number of allylic oxidation sites excluding steroid dienone is 2. The molecule has 0 aliphatic heterocycles. The van der Waals surface area contributed by atoms with Gasteiger partial charge in [0.25, 0.3) is 0 Å². The van der Waals surface area contributed by atoms with Crippen molar-refractivity contribution in [3.05, 3.63) is 59.0 Å². The zero-order chi connectivity index (χ0) is 24.0. The third-order valence-electron chi connectivity index (χ3n) is 4.99. The van der Waals surface area contributed by atoms with Gasteiger partial charge in [0, 0.05) is 27.6 Å². The van der Waals surface area contributed by atoms with Gasteiger partial charge in [-0.2, -0.15) is 0 Å². The first-order valence-corrected chi connectivity index (χ1v) is 11.3. The fourth-order valence-electron chi connectivity index (χ4n) is 3.70. The topological polar surface area (TPSA) is 72.2 Å². The number of aromatic amines is 1. The molecule has 0 amide bonds. The average Bonchev–Trinajstić information content (AvgIpc) is 3.07. The number of H-pyrrole nitrogens is 1. The minimum absolute atomic E-state index is 0.0789. The van der Waals surface area contributed by atoms with Crippen LogP contribution in [-0.4, -0.2) is 22.0 Å². The van der Waals surface area contributed by atoms with Crippen LogP contribution < -0.4 is 0 Å². The largest absolute Gasteiger partial charge is 0.494 e. The molecule has 3 rings (SSSR count). The van der Waals surface area contributed by atoms with E-state index in [-0.39, 0.29) is 11.7 Å². The second-order valence-corrected chi connectivity index (χ2v) is 8.17. The Morgan fingerprint density at radius 3 is 2.56 bits per heavy atom. The Morgan fingerprint density at radius 1 is 1.28 bits per heavy atom. The van der Waals surface area contributed by atoms with Gasteiger partial charge in [-0.25, -0.2) is 4.39 Å². The molecule has 0 saturated heterocycles. The van der Waals surface area contributed by atoms with E-state index in [0.717, 1.165) is 23.8 Å². The van der Waals surface area contributed by atoms with Gasteiger partial charge in [0.15, 0.2) is 5.88 Å². The van der Waals surface area contributed by atoms with E-state index in [0.29, 0.717) is 44.3 Å². The molecule has 4 nitrogen and oxygen atoms in total. The first-order valence-electron chi connectivity index (χ1n) is 10.8. The van der Waals surface area contributed by atoms with E-state index in [4.69, 9.17) is 5.41 Å². The van der Waals surface area contributed by atoms with Crippen LogP contribution in [0.2, 0.25) is 0 Å². The highest BCUT2D eigenvalue weighted by Crippen LogP contribution is 2.38. The van der Waals surface area contributed by atoms with Crippen molar-refractivity contribution in [2.24, 2.45) is 10.9 Å². The molecule has 0 fully saturated rings. The third kappa shape index (κ3) is 5.30. The van der Waals surface area contributed by atoms with E-state index in [9.17, 15) is 5.11 Å². The van der Waals surface area contributed by atoms with E-state index in [1.807, 2.05) is 32.0 Å². The number of halogens is 1. The SMILES string of the molecule is C/C=C(\C=N)N=C(C)c1c(O)[nH]c2cc(F)c(-c3c(S)cccc3CC(C)C)cc12.CC. The van der Waals surface area contributed by atoms with Gasteiger partial charge in [-0.15, -0.1) is 12.6 Å².